The van der Waals surface area contributed by atoms with Gasteiger partial charge in [-0.15, -0.1) is 0 Å². The lowest BCUT2D eigenvalue weighted by molar-refractivity contribution is 1.82. The Bertz CT molecular complexity index is 107. The SMILES string of the molecule is BrC/C=C/C#CI. The van der Waals surface area contributed by atoms with Crippen molar-refractivity contribution in [1.29, 1.82) is 0 Å². The topological polar surface area (TPSA) is 0 Å². The molecular formula is C5H4BrI. The van der Waals surface area contributed by atoms with Gasteiger partial charge >= 0.3 is 0 Å². The maximum absolute atomic E-state index is 3.22. The first-order valence-electron chi connectivity index (χ1n) is 1.74. The van der Waals surface area contributed by atoms with Gasteiger partial charge < -0.3 is 0 Å². The standard InChI is InChI=1S/C5H4BrI/c6-4-2-1-3-5-7/h1-2H,4H2/b2-1+. The second-order valence-electron chi connectivity index (χ2n) is 0.796. The number of hydrogen-bond acceptors (Lipinski definition) is 0. The van der Waals surface area contributed by atoms with Gasteiger partial charge in [0.2, 0.25) is 0 Å². The first-order valence-corrected chi connectivity index (χ1v) is 3.94. The lowest BCUT2D eigenvalue weighted by Crippen LogP contribution is -1.53. The molecule has 0 aliphatic heterocycles. The van der Waals surface area contributed by atoms with Gasteiger partial charge in [-0.1, -0.05) is 27.9 Å². The number of halogens is 2. The van der Waals surface area contributed by atoms with E-state index in [2.05, 4.69) is 25.8 Å². The minimum atomic E-state index is 0.887. The molecule has 0 unspecified atom stereocenters. The Hall–Kier alpha value is 0.510. The normalized spacial score (nSPS) is 8.29. The van der Waals surface area contributed by atoms with E-state index in [4.69, 9.17) is 0 Å². The summed E-state index contributed by atoms with van der Waals surface area (Å²) in [5, 5.41) is 0.887. The van der Waals surface area contributed by atoms with E-state index >= 15 is 0 Å². The maximum atomic E-state index is 3.22. The van der Waals surface area contributed by atoms with Crippen molar-refractivity contribution in [2.24, 2.45) is 0 Å². The van der Waals surface area contributed by atoms with Crippen LogP contribution in [-0.4, -0.2) is 5.33 Å². The second kappa shape index (κ2) is 6.51. The van der Waals surface area contributed by atoms with Crippen LogP contribution in [0.1, 0.15) is 0 Å². The van der Waals surface area contributed by atoms with Crippen molar-refractivity contribution in [2.45, 2.75) is 0 Å². The van der Waals surface area contributed by atoms with E-state index in [9.17, 15) is 0 Å². The lowest BCUT2D eigenvalue weighted by Gasteiger charge is -1.64. The second-order valence-corrected chi connectivity index (χ2v) is 1.98. The molecule has 2 heteroatoms. The van der Waals surface area contributed by atoms with Gasteiger partial charge in [0.25, 0.3) is 0 Å². The number of rotatable bonds is 1. The molecule has 0 heterocycles. The van der Waals surface area contributed by atoms with E-state index in [0.717, 1.165) is 5.33 Å². The molecule has 0 saturated carbocycles. The summed E-state index contributed by atoms with van der Waals surface area (Å²) in [5.74, 6) is 2.78. The van der Waals surface area contributed by atoms with Crippen LogP contribution in [0.3, 0.4) is 0 Å². The van der Waals surface area contributed by atoms with Crippen LogP contribution in [-0.2, 0) is 0 Å². The summed E-state index contributed by atoms with van der Waals surface area (Å²) in [4.78, 5) is 0. The molecule has 0 rings (SSSR count). The highest BCUT2D eigenvalue weighted by Gasteiger charge is 1.58. The van der Waals surface area contributed by atoms with Crippen molar-refractivity contribution in [2.75, 3.05) is 5.33 Å². The Balaban J connectivity index is 3.21. The molecule has 0 nitrogen and oxygen atoms in total. The smallest absolute Gasteiger partial charge is 0.0221 e. The fourth-order valence-corrected chi connectivity index (χ4v) is 0.502. The highest BCUT2D eigenvalue weighted by atomic mass is 127. The van der Waals surface area contributed by atoms with Crippen LogP contribution >= 0.6 is 38.5 Å². The fraction of sp³-hybridized carbons (Fsp3) is 0.200. The summed E-state index contributed by atoms with van der Waals surface area (Å²) in [6.07, 6.45) is 3.77. The van der Waals surface area contributed by atoms with Crippen molar-refractivity contribution in [3.8, 4) is 9.85 Å². The van der Waals surface area contributed by atoms with Crippen molar-refractivity contribution in [1.82, 2.24) is 0 Å². The Morgan fingerprint density at radius 1 is 1.71 bits per heavy atom. The quantitative estimate of drug-likeness (QED) is 0.390. The third-order valence-corrected chi connectivity index (χ3v) is 1.03. The van der Waals surface area contributed by atoms with Gasteiger partial charge in [-0.3, -0.25) is 0 Å². The lowest BCUT2D eigenvalue weighted by atomic mass is 10.6. The van der Waals surface area contributed by atoms with Crippen LogP contribution in [0, 0.1) is 9.85 Å². The van der Waals surface area contributed by atoms with Gasteiger partial charge in [-0.05, 0) is 10.0 Å². The molecule has 0 fully saturated rings. The summed E-state index contributed by atoms with van der Waals surface area (Å²) in [5.41, 5.74) is 0. The molecule has 0 N–H and O–H groups in total. The Morgan fingerprint density at radius 3 is 2.86 bits per heavy atom. The highest BCUT2D eigenvalue weighted by Crippen LogP contribution is 1.80. The molecule has 0 amide bonds. The van der Waals surface area contributed by atoms with E-state index in [-0.39, 0.29) is 0 Å². The van der Waals surface area contributed by atoms with Crippen LogP contribution in [0.4, 0.5) is 0 Å². The zero-order valence-electron chi connectivity index (χ0n) is 3.62. The fourth-order valence-electron chi connectivity index (χ4n) is 0.135. The summed E-state index contributed by atoms with van der Waals surface area (Å²) in [6, 6.07) is 0. The van der Waals surface area contributed by atoms with E-state index in [1.807, 2.05) is 34.7 Å². The summed E-state index contributed by atoms with van der Waals surface area (Å²) in [7, 11) is 0. The van der Waals surface area contributed by atoms with Crippen molar-refractivity contribution >= 4 is 38.5 Å². The molecule has 0 bridgehead atoms. The van der Waals surface area contributed by atoms with Gasteiger partial charge in [-0.2, -0.15) is 0 Å². The van der Waals surface area contributed by atoms with Crippen molar-refractivity contribution < 1.29 is 0 Å². The van der Waals surface area contributed by atoms with Crippen LogP contribution in [0.5, 0.6) is 0 Å². The van der Waals surface area contributed by atoms with E-state index < -0.39 is 0 Å². The molecule has 0 spiro atoms. The van der Waals surface area contributed by atoms with Crippen LogP contribution in [0.2, 0.25) is 0 Å². The highest BCUT2D eigenvalue weighted by molar-refractivity contribution is 14.1. The average molecular weight is 271 g/mol. The van der Waals surface area contributed by atoms with Gasteiger partial charge in [-0.25, -0.2) is 0 Å². The van der Waals surface area contributed by atoms with Crippen LogP contribution in [0.25, 0.3) is 0 Å². The predicted octanol–water partition coefficient (Wildman–Crippen LogP) is 2.33. The number of allylic oxidation sites excluding steroid dienone is 2. The minimum Gasteiger partial charge on any atom is -0.0883 e. The van der Waals surface area contributed by atoms with E-state index in [0.29, 0.717) is 0 Å². The number of hydrogen-bond donors (Lipinski definition) is 0. The van der Waals surface area contributed by atoms with Gasteiger partial charge in [0.05, 0.1) is 0 Å². The molecular weight excluding hydrogens is 267 g/mol. The van der Waals surface area contributed by atoms with Gasteiger partial charge in [0.15, 0.2) is 0 Å². The molecule has 38 valence electrons. The van der Waals surface area contributed by atoms with E-state index in [1.165, 1.54) is 0 Å². The van der Waals surface area contributed by atoms with Crippen LogP contribution in [0.15, 0.2) is 12.2 Å². The first-order chi connectivity index (χ1) is 3.41. The van der Waals surface area contributed by atoms with Crippen molar-refractivity contribution in [3.05, 3.63) is 12.2 Å². The van der Waals surface area contributed by atoms with E-state index in [1.54, 1.807) is 0 Å². The summed E-state index contributed by atoms with van der Waals surface area (Å²) >= 11 is 5.22. The predicted molar refractivity (Wildman–Crippen MR) is 44.7 cm³/mol. The molecule has 0 radical (unpaired) electrons. The summed E-state index contributed by atoms with van der Waals surface area (Å²) in [6.45, 7) is 0. The molecule has 0 aromatic heterocycles. The zero-order chi connectivity index (χ0) is 5.54. The third kappa shape index (κ3) is 6.51. The van der Waals surface area contributed by atoms with Crippen LogP contribution < -0.4 is 0 Å². The number of alkyl halides is 1. The first kappa shape index (κ1) is 7.51. The third-order valence-electron chi connectivity index (χ3n) is 0.345. The monoisotopic (exact) mass is 270 g/mol. The Kier molecular flexibility index (Phi) is 6.98. The minimum absolute atomic E-state index is 0.887. The maximum Gasteiger partial charge on any atom is 0.0221 e. The largest absolute Gasteiger partial charge is 0.0883 e. The van der Waals surface area contributed by atoms with Gasteiger partial charge in [0, 0.05) is 27.9 Å². The molecule has 0 atom stereocenters. The molecule has 0 aliphatic rings. The average Bonchev–Trinajstić information content (AvgIpc) is 1.69. The van der Waals surface area contributed by atoms with Crippen molar-refractivity contribution in [3.63, 3.8) is 0 Å². The Morgan fingerprint density at radius 2 is 2.43 bits per heavy atom. The molecule has 7 heavy (non-hydrogen) atoms. The molecule has 0 saturated heterocycles. The molecule has 0 aliphatic carbocycles. The molecule has 0 aromatic rings. The molecule has 0 aromatic carbocycles. The Labute approximate surface area is 65.6 Å². The zero-order valence-corrected chi connectivity index (χ0v) is 7.36. The van der Waals surface area contributed by atoms with Gasteiger partial charge in [0.1, 0.15) is 0 Å². The summed E-state index contributed by atoms with van der Waals surface area (Å²) < 4.78 is 2.71.